The number of aromatic nitrogens is 3. The molecule has 202 valence electrons. The Kier molecular flexibility index (Phi) is 8.15. The van der Waals surface area contributed by atoms with Gasteiger partial charge in [0.2, 0.25) is 5.91 Å². The molecule has 0 radical (unpaired) electrons. The Bertz CT molecular complexity index is 1090. The van der Waals surface area contributed by atoms with Gasteiger partial charge in [0.25, 0.3) is 0 Å². The first kappa shape index (κ1) is 26.5. The Morgan fingerprint density at radius 2 is 1.73 bits per heavy atom. The summed E-state index contributed by atoms with van der Waals surface area (Å²) in [6, 6.07) is 5.55. The van der Waals surface area contributed by atoms with Crippen LogP contribution in [0.3, 0.4) is 0 Å². The zero-order chi connectivity index (χ0) is 26.1. The van der Waals surface area contributed by atoms with Gasteiger partial charge in [0, 0.05) is 41.4 Å². The maximum absolute atomic E-state index is 13.2. The molecule has 7 nitrogen and oxygen atoms in total. The number of carbonyl (C=O) groups excluding carboxylic acids is 2. The van der Waals surface area contributed by atoms with Gasteiger partial charge in [0.15, 0.2) is 5.78 Å². The highest BCUT2D eigenvalue weighted by atomic mass is 32.1. The maximum atomic E-state index is 13.2. The van der Waals surface area contributed by atoms with Crippen LogP contribution in [0.1, 0.15) is 129 Å². The number of nitrogens with one attached hydrogen (secondary N) is 1. The molecule has 1 saturated carbocycles. The van der Waals surface area contributed by atoms with Crippen LogP contribution in [0.5, 0.6) is 0 Å². The summed E-state index contributed by atoms with van der Waals surface area (Å²) in [6.45, 7) is 9.09. The fourth-order valence-corrected chi connectivity index (χ4v) is 7.99. The van der Waals surface area contributed by atoms with E-state index in [-0.39, 0.29) is 23.7 Å². The van der Waals surface area contributed by atoms with Gasteiger partial charge < -0.3 is 9.88 Å². The highest BCUT2D eigenvalue weighted by Crippen LogP contribution is 2.42. The summed E-state index contributed by atoms with van der Waals surface area (Å²) in [5.74, 6) is 2.95. The third-order valence-corrected chi connectivity index (χ3v) is 10.2. The van der Waals surface area contributed by atoms with Gasteiger partial charge in [-0.2, -0.15) is 0 Å². The number of thiophene rings is 1. The zero-order valence-corrected chi connectivity index (χ0v) is 23.7. The topological polar surface area (TPSA) is 80.1 Å². The van der Waals surface area contributed by atoms with Crippen LogP contribution in [0.4, 0.5) is 0 Å². The largest absolute Gasteiger partial charge is 0.348 e. The SMILES string of the molecule is CC(=O)c1ccc([C@H](CCN2[C@@H]3CC[C@H]2C[C@H](n2c(C)nnc2C(C)C)C3)NC(=O)C2CCCCC2)s1. The van der Waals surface area contributed by atoms with Gasteiger partial charge in [0.05, 0.1) is 10.9 Å². The molecule has 2 saturated heterocycles. The number of aryl methyl sites for hydroxylation is 1. The molecule has 2 bridgehead atoms. The molecule has 5 rings (SSSR count). The predicted octanol–water partition coefficient (Wildman–Crippen LogP) is 5.97. The number of Topliss-reactive ketones (excluding diaryl/α,β-unsaturated/α-hetero) is 1. The molecule has 4 atom stereocenters. The van der Waals surface area contributed by atoms with Gasteiger partial charge in [-0.1, -0.05) is 33.1 Å². The van der Waals surface area contributed by atoms with Gasteiger partial charge in [-0.05, 0) is 70.9 Å². The molecule has 0 spiro atoms. The summed E-state index contributed by atoms with van der Waals surface area (Å²) in [5.41, 5.74) is 0. The van der Waals surface area contributed by atoms with Crippen LogP contribution in [-0.2, 0) is 4.79 Å². The van der Waals surface area contributed by atoms with E-state index in [4.69, 9.17) is 0 Å². The smallest absolute Gasteiger partial charge is 0.223 e. The van der Waals surface area contributed by atoms with Crippen molar-refractivity contribution in [1.29, 1.82) is 0 Å². The second-order valence-corrected chi connectivity index (χ2v) is 12.9. The van der Waals surface area contributed by atoms with Crippen LogP contribution in [-0.4, -0.2) is 50.0 Å². The van der Waals surface area contributed by atoms with Crippen molar-refractivity contribution >= 4 is 23.0 Å². The summed E-state index contributed by atoms with van der Waals surface area (Å²) in [4.78, 5) is 29.8. The van der Waals surface area contributed by atoms with Crippen LogP contribution in [0.2, 0.25) is 0 Å². The minimum absolute atomic E-state index is 0.0303. The average Bonchev–Trinajstić information content (AvgIpc) is 3.58. The minimum Gasteiger partial charge on any atom is -0.348 e. The Morgan fingerprint density at radius 3 is 2.35 bits per heavy atom. The van der Waals surface area contributed by atoms with Gasteiger partial charge >= 0.3 is 0 Å². The molecule has 1 amide bonds. The molecular formula is C29H43N5O2S. The molecule has 2 aromatic rings. The van der Waals surface area contributed by atoms with E-state index in [0.29, 0.717) is 24.0 Å². The number of hydrogen-bond acceptors (Lipinski definition) is 6. The van der Waals surface area contributed by atoms with Crippen molar-refractivity contribution in [3.8, 4) is 0 Å². The number of piperidine rings is 1. The fraction of sp³-hybridized carbons (Fsp3) is 0.724. The lowest BCUT2D eigenvalue weighted by Crippen LogP contribution is -2.45. The molecule has 0 aromatic carbocycles. The molecule has 0 unspecified atom stereocenters. The number of nitrogens with zero attached hydrogens (tertiary/aromatic N) is 4. The summed E-state index contributed by atoms with van der Waals surface area (Å²) in [5, 5.41) is 12.3. The van der Waals surface area contributed by atoms with Crippen LogP contribution in [0, 0.1) is 12.8 Å². The first-order valence-electron chi connectivity index (χ1n) is 14.4. The quantitative estimate of drug-likeness (QED) is 0.408. The molecule has 4 heterocycles. The molecule has 1 aliphatic carbocycles. The molecule has 8 heteroatoms. The molecule has 37 heavy (non-hydrogen) atoms. The number of ketones is 1. The predicted molar refractivity (Wildman–Crippen MR) is 147 cm³/mol. The van der Waals surface area contributed by atoms with Crippen LogP contribution in [0.25, 0.3) is 0 Å². The first-order valence-corrected chi connectivity index (χ1v) is 15.2. The minimum atomic E-state index is -0.0303. The summed E-state index contributed by atoms with van der Waals surface area (Å²) >= 11 is 1.55. The van der Waals surface area contributed by atoms with Crippen LogP contribution in [0.15, 0.2) is 12.1 Å². The molecule has 3 fully saturated rings. The van der Waals surface area contributed by atoms with E-state index >= 15 is 0 Å². The number of carbonyl (C=O) groups is 2. The zero-order valence-electron chi connectivity index (χ0n) is 22.9. The number of amides is 1. The molecule has 2 aliphatic heterocycles. The molecular weight excluding hydrogens is 482 g/mol. The third-order valence-electron chi connectivity index (χ3n) is 8.92. The molecule has 2 aromatic heterocycles. The lowest BCUT2D eigenvalue weighted by Gasteiger charge is -2.40. The van der Waals surface area contributed by atoms with Gasteiger partial charge in [-0.3, -0.25) is 14.5 Å². The lowest BCUT2D eigenvalue weighted by molar-refractivity contribution is -0.126. The summed E-state index contributed by atoms with van der Waals surface area (Å²) in [7, 11) is 0. The van der Waals surface area contributed by atoms with E-state index in [9.17, 15) is 9.59 Å². The summed E-state index contributed by atoms with van der Waals surface area (Å²) in [6.07, 6.45) is 11.2. The fourth-order valence-electron chi connectivity index (χ4n) is 7.00. The van der Waals surface area contributed by atoms with Crippen molar-refractivity contribution in [3.63, 3.8) is 0 Å². The standard InChI is InChI=1S/C29H43N5O2S/c1-18(2)28-32-31-20(4)34(28)24-16-22-10-11-23(17-24)33(22)15-14-25(27-13-12-26(37-27)19(3)35)30-29(36)21-8-6-5-7-9-21/h12-13,18,21-25H,5-11,14-17H2,1-4H3,(H,30,36)/t22-,23+,24-,25-/m0/s1. The van der Waals surface area contributed by atoms with Crippen molar-refractivity contribution in [3.05, 3.63) is 33.5 Å². The molecule has 3 aliphatic rings. The third kappa shape index (κ3) is 5.70. The Labute approximate surface area is 225 Å². The summed E-state index contributed by atoms with van der Waals surface area (Å²) < 4.78 is 2.41. The van der Waals surface area contributed by atoms with Crippen molar-refractivity contribution in [1.82, 2.24) is 25.0 Å². The normalized spacial score (nSPS) is 25.5. The number of hydrogen-bond donors (Lipinski definition) is 1. The molecule has 1 N–H and O–H groups in total. The van der Waals surface area contributed by atoms with E-state index in [0.717, 1.165) is 72.9 Å². The van der Waals surface area contributed by atoms with Crippen LogP contribution >= 0.6 is 11.3 Å². The lowest BCUT2D eigenvalue weighted by atomic mass is 9.88. The van der Waals surface area contributed by atoms with Gasteiger partial charge in [-0.15, -0.1) is 21.5 Å². The van der Waals surface area contributed by atoms with Crippen LogP contribution < -0.4 is 5.32 Å². The maximum Gasteiger partial charge on any atom is 0.223 e. The monoisotopic (exact) mass is 525 g/mol. The van der Waals surface area contributed by atoms with Crippen molar-refractivity contribution in [2.24, 2.45) is 5.92 Å². The second-order valence-electron chi connectivity index (χ2n) is 11.8. The number of rotatable bonds is 9. The second kappa shape index (κ2) is 11.4. The number of fused-ring (bicyclic) bond motifs is 2. The van der Waals surface area contributed by atoms with E-state index in [1.54, 1.807) is 18.3 Å². The van der Waals surface area contributed by atoms with Gasteiger partial charge in [-0.25, -0.2) is 0 Å². The van der Waals surface area contributed by atoms with E-state index in [1.165, 1.54) is 19.3 Å². The highest BCUT2D eigenvalue weighted by Gasteiger charge is 2.42. The highest BCUT2D eigenvalue weighted by molar-refractivity contribution is 7.14. The Hall–Kier alpha value is -2.06. The van der Waals surface area contributed by atoms with E-state index in [1.807, 2.05) is 6.07 Å². The van der Waals surface area contributed by atoms with E-state index < -0.39 is 0 Å². The van der Waals surface area contributed by atoms with Crippen molar-refractivity contribution in [2.75, 3.05) is 6.54 Å². The van der Waals surface area contributed by atoms with E-state index in [2.05, 4.69) is 51.8 Å². The van der Waals surface area contributed by atoms with Crippen molar-refractivity contribution < 1.29 is 9.59 Å². The van der Waals surface area contributed by atoms with Crippen molar-refractivity contribution in [2.45, 2.75) is 122 Å². The Morgan fingerprint density at radius 1 is 1.03 bits per heavy atom. The average molecular weight is 526 g/mol. The Balaban J connectivity index is 1.27. The first-order chi connectivity index (χ1) is 17.8. The van der Waals surface area contributed by atoms with Gasteiger partial charge in [0.1, 0.15) is 11.6 Å².